The van der Waals surface area contributed by atoms with E-state index in [1.165, 1.54) is 55.5 Å². The van der Waals surface area contributed by atoms with Gasteiger partial charge in [0, 0.05) is 31.8 Å². The van der Waals surface area contributed by atoms with E-state index in [1.807, 2.05) is 0 Å². The number of benzene rings is 3. The number of carboxylic acid groups (broad SMARTS) is 1. The van der Waals surface area contributed by atoms with Crippen LogP contribution in [0.3, 0.4) is 0 Å². The van der Waals surface area contributed by atoms with Crippen molar-refractivity contribution >= 4 is 70.2 Å². The Morgan fingerprint density at radius 2 is 1.30 bits per heavy atom. The van der Waals surface area contributed by atoms with Crippen LogP contribution in [0.5, 0.6) is 5.75 Å². The van der Waals surface area contributed by atoms with Crippen LogP contribution in [0.2, 0.25) is 20.1 Å². The molecular weight excluding hydrogens is 659 g/mol. The average Bonchev–Trinajstić information content (AvgIpc) is 2.95. The van der Waals surface area contributed by atoms with E-state index >= 15 is 0 Å². The van der Waals surface area contributed by atoms with Crippen molar-refractivity contribution in [2.75, 3.05) is 14.2 Å². The van der Waals surface area contributed by atoms with Gasteiger partial charge in [-0.05, 0) is 53.1 Å². The SMILES string of the molecule is COc1ccc(CN(C)C(=O)CC(CC(=O)OC(=O)CC(CC(=O)O)c2ccc(Cl)c(Cl)c2)c2ccc(Cl)c(Cl)c2)cc1F. The number of carbonyl (C=O) groups is 4. The van der Waals surface area contributed by atoms with Crippen molar-refractivity contribution in [2.24, 2.45) is 0 Å². The molecule has 13 heteroatoms. The van der Waals surface area contributed by atoms with Crippen molar-refractivity contribution in [3.63, 3.8) is 0 Å². The number of carbonyl (C=O) groups excluding carboxylic acids is 3. The van der Waals surface area contributed by atoms with Crippen molar-refractivity contribution in [1.29, 1.82) is 0 Å². The molecule has 0 bridgehead atoms. The van der Waals surface area contributed by atoms with E-state index in [9.17, 15) is 28.7 Å². The molecule has 1 N–H and O–H groups in total. The molecule has 0 aromatic heterocycles. The number of esters is 2. The molecule has 0 spiro atoms. The van der Waals surface area contributed by atoms with E-state index in [0.717, 1.165) is 0 Å². The molecule has 0 radical (unpaired) electrons. The van der Waals surface area contributed by atoms with Crippen LogP contribution in [0, 0.1) is 5.82 Å². The molecule has 234 valence electrons. The number of amides is 1. The molecule has 3 aromatic carbocycles. The maximum absolute atomic E-state index is 14.2. The zero-order valence-corrected chi connectivity index (χ0v) is 26.6. The Kier molecular flexibility index (Phi) is 12.8. The van der Waals surface area contributed by atoms with Crippen molar-refractivity contribution < 1.29 is 38.1 Å². The fourth-order valence-electron chi connectivity index (χ4n) is 4.51. The van der Waals surface area contributed by atoms with Crippen LogP contribution in [-0.4, -0.2) is 48.0 Å². The average molecular weight is 687 g/mol. The molecule has 0 heterocycles. The second kappa shape index (κ2) is 16.1. The van der Waals surface area contributed by atoms with Gasteiger partial charge in [0.15, 0.2) is 11.6 Å². The molecule has 0 aliphatic rings. The van der Waals surface area contributed by atoms with E-state index < -0.39 is 48.4 Å². The summed E-state index contributed by atoms with van der Waals surface area (Å²) in [5.41, 5.74) is 1.46. The number of rotatable bonds is 13. The quantitative estimate of drug-likeness (QED) is 0.145. The summed E-state index contributed by atoms with van der Waals surface area (Å²) in [7, 11) is 2.88. The van der Waals surface area contributed by atoms with Gasteiger partial charge in [-0.15, -0.1) is 0 Å². The van der Waals surface area contributed by atoms with E-state index in [2.05, 4.69) is 0 Å². The van der Waals surface area contributed by atoms with Crippen molar-refractivity contribution in [1.82, 2.24) is 4.90 Å². The lowest BCUT2D eigenvalue weighted by molar-refractivity contribution is -0.160. The zero-order chi connectivity index (χ0) is 32.6. The number of carboxylic acids is 1. The Hall–Kier alpha value is -3.37. The monoisotopic (exact) mass is 685 g/mol. The number of halogens is 5. The fourth-order valence-corrected chi connectivity index (χ4v) is 5.12. The number of methoxy groups -OCH3 is 1. The van der Waals surface area contributed by atoms with Gasteiger partial charge in [-0.3, -0.25) is 19.2 Å². The summed E-state index contributed by atoms with van der Waals surface area (Å²) in [6, 6.07) is 13.5. The van der Waals surface area contributed by atoms with Gasteiger partial charge in [-0.1, -0.05) is 64.6 Å². The molecule has 2 atom stereocenters. The number of hydrogen-bond acceptors (Lipinski definition) is 6. The molecule has 0 saturated heterocycles. The third-order valence-corrected chi connectivity index (χ3v) is 8.27. The first-order chi connectivity index (χ1) is 20.8. The van der Waals surface area contributed by atoms with Crippen LogP contribution >= 0.6 is 46.4 Å². The summed E-state index contributed by atoms with van der Waals surface area (Å²) in [5.74, 6) is -5.54. The maximum atomic E-state index is 14.2. The minimum absolute atomic E-state index is 0.0710. The second-order valence-electron chi connectivity index (χ2n) is 10.0. The van der Waals surface area contributed by atoms with Gasteiger partial charge in [-0.25, -0.2) is 4.39 Å². The molecule has 44 heavy (non-hydrogen) atoms. The second-order valence-corrected chi connectivity index (χ2v) is 11.6. The van der Waals surface area contributed by atoms with Gasteiger partial charge in [-0.2, -0.15) is 0 Å². The van der Waals surface area contributed by atoms with Gasteiger partial charge < -0.3 is 19.5 Å². The molecule has 0 saturated carbocycles. The van der Waals surface area contributed by atoms with Crippen LogP contribution in [0.4, 0.5) is 4.39 Å². The molecule has 2 unspecified atom stereocenters. The Morgan fingerprint density at radius 1 is 0.773 bits per heavy atom. The predicted molar refractivity (Wildman–Crippen MR) is 165 cm³/mol. The van der Waals surface area contributed by atoms with Crippen molar-refractivity contribution in [3.8, 4) is 5.75 Å². The van der Waals surface area contributed by atoms with Gasteiger partial charge in [0.25, 0.3) is 0 Å². The van der Waals surface area contributed by atoms with Crippen LogP contribution in [0.15, 0.2) is 54.6 Å². The van der Waals surface area contributed by atoms with E-state index in [-0.39, 0.29) is 51.1 Å². The highest BCUT2D eigenvalue weighted by atomic mass is 35.5. The Morgan fingerprint density at radius 3 is 1.75 bits per heavy atom. The lowest BCUT2D eigenvalue weighted by Gasteiger charge is -2.22. The minimum Gasteiger partial charge on any atom is -0.494 e. The molecule has 1 amide bonds. The Balaban J connectivity index is 1.73. The predicted octanol–water partition coefficient (Wildman–Crippen LogP) is 7.69. The van der Waals surface area contributed by atoms with Crippen molar-refractivity contribution in [2.45, 2.75) is 44.1 Å². The zero-order valence-electron chi connectivity index (χ0n) is 23.6. The molecule has 0 aliphatic carbocycles. The highest BCUT2D eigenvalue weighted by Crippen LogP contribution is 2.33. The van der Waals surface area contributed by atoms with Gasteiger partial charge in [0.2, 0.25) is 5.91 Å². The molecule has 0 fully saturated rings. The minimum atomic E-state index is -1.17. The lowest BCUT2D eigenvalue weighted by Crippen LogP contribution is -2.28. The van der Waals surface area contributed by atoms with Gasteiger partial charge >= 0.3 is 17.9 Å². The summed E-state index contributed by atoms with van der Waals surface area (Å²) >= 11 is 24.3. The maximum Gasteiger partial charge on any atom is 0.314 e. The summed E-state index contributed by atoms with van der Waals surface area (Å²) in [6.45, 7) is 0.0798. The molecule has 8 nitrogen and oxygen atoms in total. The van der Waals surface area contributed by atoms with E-state index in [1.54, 1.807) is 18.2 Å². The van der Waals surface area contributed by atoms with Crippen LogP contribution in [0.1, 0.15) is 54.2 Å². The van der Waals surface area contributed by atoms with Gasteiger partial charge in [0.1, 0.15) is 0 Å². The summed E-state index contributed by atoms with van der Waals surface area (Å²) < 4.78 is 24.1. The van der Waals surface area contributed by atoms with Crippen molar-refractivity contribution in [3.05, 3.63) is 97.2 Å². The Bertz CT molecular complexity index is 1550. The largest absolute Gasteiger partial charge is 0.494 e. The first-order valence-electron chi connectivity index (χ1n) is 13.2. The van der Waals surface area contributed by atoms with E-state index in [4.69, 9.17) is 55.9 Å². The standard InChI is InChI=1S/C31H28Cl4FNO7/c1-37(16-17-3-8-27(43-2)26(36)9-17)28(38)12-20(18-4-6-22(32)24(34)10-18)14-30(41)44-31(42)15-21(13-29(39)40)19-5-7-23(33)25(35)11-19/h3-11,20-21H,12-16H2,1-2H3,(H,39,40). The highest BCUT2D eigenvalue weighted by molar-refractivity contribution is 6.42. The summed E-state index contributed by atoms with van der Waals surface area (Å²) in [6.07, 6.45) is -1.41. The lowest BCUT2D eigenvalue weighted by atomic mass is 9.91. The molecule has 3 aromatic rings. The highest BCUT2D eigenvalue weighted by Gasteiger charge is 2.27. The molecule has 0 aliphatic heterocycles. The number of hydrogen-bond donors (Lipinski definition) is 1. The van der Waals surface area contributed by atoms with Gasteiger partial charge in [0.05, 0.1) is 46.5 Å². The number of aliphatic carboxylic acids is 1. The fraction of sp³-hybridized carbons (Fsp3) is 0.290. The number of ether oxygens (including phenoxy) is 2. The smallest absolute Gasteiger partial charge is 0.314 e. The van der Waals surface area contributed by atoms with Crippen LogP contribution in [0.25, 0.3) is 0 Å². The topological polar surface area (TPSA) is 110 Å². The third kappa shape index (κ3) is 10.1. The third-order valence-electron chi connectivity index (χ3n) is 6.79. The molecule has 3 rings (SSSR count). The Labute approximate surface area is 273 Å². The number of nitrogens with zero attached hydrogens (tertiary/aromatic N) is 1. The first-order valence-corrected chi connectivity index (χ1v) is 14.7. The summed E-state index contributed by atoms with van der Waals surface area (Å²) in [5, 5.41) is 10.3. The molecular formula is C31H28Cl4FNO7. The van der Waals surface area contributed by atoms with Crippen LogP contribution in [-0.2, 0) is 30.5 Å². The first kappa shape index (κ1) is 35.1. The van der Waals surface area contributed by atoms with Crippen LogP contribution < -0.4 is 4.74 Å². The van der Waals surface area contributed by atoms with E-state index in [0.29, 0.717) is 16.7 Å². The summed E-state index contributed by atoms with van der Waals surface area (Å²) in [4.78, 5) is 51.7. The normalized spacial score (nSPS) is 12.2.